The van der Waals surface area contributed by atoms with Crippen molar-refractivity contribution in [2.45, 2.75) is 76.2 Å². The number of esters is 1. The molecule has 0 aromatic heterocycles. The number of allylic oxidation sites excluding steroid dienone is 2. The van der Waals surface area contributed by atoms with E-state index in [4.69, 9.17) is 10.00 Å². The third kappa shape index (κ3) is 6.13. The summed E-state index contributed by atoms with van der Waals surface area (Å²) < 4.78 is 32.4. The Balaban J connectivity index is 1.38. The Bertz CT molecular complexity index is 755. The highest BCUT2D eigenvalue weighted by molar-refractivity contribution is 5.72. The zero-order chi connectivity index (χ0) is 20.6. The fourth-order valence-electron chi connectivity index (χ4n) is 4.70. The van der Waals surface area contributed by atoms with Crippen molar-refractivity contribution in [3.8, 4) is 6.07 Å². The molecule has 0 N–H and O–H groups in total. The molecule has 2 saturated carbocycles. The molecule has 3 rings (SSSR count). The first kappa shape index (κ1) is 21.5. The summed E-state index contributed by atoms with van der Waals surface area (Å²) in [4.78, 5) is 12.5. The van der Waals surface area contributed by atoms with E-state index < -0.39 is 11.6 Å². The molecule has 0 saturated heterocycles. The van der Waals surface area contributed by atoms with E-state index in [1.54, 1.807) is 6.07 Å². The van der Waals surface area contributed by atoms with Crippen molar-refractivity contribution < 1.29 is 18.3 Å². The summed E-state index contributed by atoms with van der Waals surface area (Å²) in [6.45, 7) is 0. The van der Waals surface area contributed by atoms with Crippen LogP contribution >= 0.6 is 0 Å². The number of hydrogen-bond donors (Lipinski definition) is 0. The van der Waals surface area contributed by atoms with Crippen molar-refractivity contribution >= 4 is 5.97 Å². The van der Waals surface area contributed by atoms with Gasteiger partial charge >= 0.3 is 5.97 Å². The average molecular weight is 401 g/mol. The van der Waals surface area contributed by atoms with Crippen molar-refractivity contribution in [2.75, 3.05) is 0 Å². The first-order chi connectivity index (χ1) is 14.1. The number of hydrogen-bond acceptors (Lipinski definition) is 3. The number of benzene rings is 1. The predicted molar refractivity (Wildman–Crippen MR) is 107 cm³/mol. The molecule has 0 spiro atoms. The van der Waals surface area contributed by atoms with Crippen LogP contribution < -0.4 is 0 Å². The molecule has 3 nitrogen and oxygen atoms in total. The Labute approximate surface area is 171 Å². The van der Waals surface area contributed by atoms with E-state index >= 15 is 0 Å². The largest absolute Gasteiger partial charge is 0.462 e. The number of nitriles is 1. The van der Waals surface area contributed by atoms with Gasteiger partial charge in [0, 0.05) is 6.08 Å². The lowest BCUT2D eigenvalue weighted by Crippen LogP contribution is -2.29. The summed E-state index contributed by atoms with van der Waals surface area (Å²) in [5, 5.41) is 8.51. The lowest BCUT2D eigenvalue weighted by atomic mass is 9.79. The van der Waals surface area contributed by atoms with Gasteiger partial charge in [-0.15, -0.1) is 0 Å². The topological polar surface area (TPSA) is 50.1 Å². The Morgan fingerprint density at radius 3 is 2.45 bits per heavy atom. The molecular weight excluding hydrogens is 372 g/mol. The fourth-order valence-corrected chi connectivity index (χ4v) is 4.70. The van der Waals surface area contributed by atoms with Crippen LogP contribution in [0.25, 0.3) is 0 Å². The van der Waals surface area contributed by atoms with Gasteiger partial charge in [0.2, 0.25) is 0 Å². The van der Waals surface area contributed by atoms with Crippen molar-refractivity contribution in [3.05, 3.63) is 47.5 Å². The van der Waals surface area contributed by atoms with E-state index in [1.165, 1.54) is 18.2 Å². The molecule has 1 aromatic rings. The van der Waals surface area contributed by atoms with Gasteiger partial charge in [-0.3, -0.25) is 4.79 Å². The molecule has 0 amide bonds. The van der Waals surface area contributed by atoms with Crippen molar-refractivity contribution in [1.29, 1.82) is 5.26 Å². The van der Waals surface area contributed by atoms with Crippen LogP contribution in [0.15, 0.2) is 30.4 Å². The van der Waals surface area contributed by atoms with Crippen LogP contribution in [0.2, 0.25) is 0 Å². The molecule has 2 aliphatic rings. The maximum Gasteiger partial charge on any atom is 0.309 e. The fraction of sp³-hybridized carbons (Fsp3) is 0.583. The molecule has 2 fully saturated rings. The van der Waals surface area contributed by atoms with Gasteiger partial charge < -0.3 is 4.74 Å². The lowest BCUT2D eigenvalue weighted by molar-refractivity contribution is -0.157. The van der Waals surface area contributed by atoms with Gasteiger partial charge in [0.1, 0.15) is 6.10 Å². The van der Waals surface area contributed by atoms with Crippen LogP contribution in [0.3, 0.4) is 0 Å². The zero-order valence-corrected chi connectivity index (χ0v) is 16.8. The van der Waals surface area contributed by atoms with Crippen LogP contribution in [0, 0.1) is 34.8 Å². The molecule has 156 valence electrons. The minimum Gasteiger partial charge on any atom is -0.462 e. The summed E-state index contributed by atoms with van der Waals surface area (Å²) >= 11 is 0. The highest BCUT2D eigenvalue weighted by atomic mass is 19.2. The van der Waals surface area contributed by atoms with Crippen LogP contribution in [-0.4, -0.2) is 12.1 Å². The molecular formula is C24H29F2NO2. The van der Waals surface area contributed by atoms with Crippen molar-refractivity contribution in [3.63, 3.8) is 0 Å². The summed E-state index contributed by atoms with van der Waals surface area (Å²) in [6.07, 6.45) is 12.4. The van der Waals surface area contributed by atoms with Gasteiger partial charge in [0.25, 0.3) is 0 Å². The Morgan fingerprint density at radius 1 is 1.07 bits per heavy atom. The molecule has 0 bridgehead atoms. The molecule has 1 aromatic carbocycles. The van der Waals surface area contributed by atoms with Gasteiger partial charge in [0.05, 0.1) is 12.0 Å². The highest BCUT2D eigenvalue weighted by Crippen LogP contribution is 2.36. The van der Waals surface area contributed by atoms with E-state index in [0.717, 1.165) is 69.8 Å². The van der Waals surface area contributed by atoms with Crippen molar-refractivity contribution in [1.82, 2.24) is 0 Å². The summed E-state index contributed by atoms with van der Waals surface area (Å²) in [5.41, 5.74) is 0.830. The van der Waals surface area contributed by atoms with Gasteiger partial charge in [0.15, 0.2) is 11.6 Å². The number of rotatable bonds is 6. The van der Waals surface area contributed by atoms with Crippen LogP contribution in [-0.2, 0) is 9.53 Å². The SMILES string of the molecule is N#CC=CCC[C@H]1CC[C@H](C(=O)O[C@H]2CC[C@H](c3ccc(F)c(F)c3)CC2)CC1. The van der Waals surface area contributed by atoms with Crippen molar-refractivity contribution in [2.24, 2.45) is 11.8 Å². The molecule has 0 atom stereocenters. The second kappa shape index (κ2) is 10.5. The van der Waals surface area contributed by atoms with E-state index in [1.807, 2.05) is 12.1 Å². The predicted octanol–water partition coefficient (Wildman–Crippen LogP) is 6.20. The smallest absolute Gasteiger partial charge is 0.309 e. The number of ether oxygens (including phenoxy) is 1. The molecule has 0 unspecified atom stereocenters. The summed E-state index contributed by atoms with van der Waals surface area (Å²) in [6, 6.07) is 6.15. The normalized spacial score (nSPS) is 27.5. The average Bonchev–Trinajstić information content (AvgIpc) is 2.74. The third-order valence-corrected chi connectivity index (χ3v) is 6.49. The Morgan fingerprint density at radius 2 is 1.79 bits per heavy atom. The van der Waals surface area contributed by atoms with Gasteiger partial charge in [-0.25, -0.2) is 8.78 Å². The summed E-state index contributed by atoms with van der Waals surface area (Å²) in [7, 11) is 0. The second-order valence-electron chi connectivity index (χ2n) is 8.41. The Kier molecular flexibility index (Phi) is 7.80. The molecule has 0 radical (unpaired) electrons. The first-order valence-corrected chi connectivity index (χ1v) is 10.8. The monoisotopic (exact) mass is 401 g/mol. The maximum atomic E-state index is 13.5. The number of carbonyl (C=O) groups excluding carboxylic acids is 1. The molecule has 29 heavy (non-hydrogen) atoms. The highest BCUT2D eigenvalue weighted by Gasteiger charge is 2.31. The van der Waals surface area contributed by atoms with Crippen LogP contribution in [0.4, 0.5) is 8.78 Å². The third-order valence-electron chi connectivity index (χ3n) is 6.49. The van der Waals surface area contributed by atoms with Gasteiger partial charge in [-0.2, -0.15) is 5.26 Å². The molecule has 0 heterocycles. The first-order valence-electron chi connectivity index (χ1n) is 10.8. The number of halogens is 2. The van der Waals surface area contributed by atoms with Gasteiger partial charge in [-0.05, 0) is 93.7 Å². The standard InChI is InChI=1S/C24H29F2NO2/c25-22-14-11-20(16-23(22)26)18-9-12-21(13-10-18)29-24(28)19-7-5-17(6-8-19)4-2-1-3-15-27/h1,3,11,14,16-19,21H,2,4-10,12-13H2/t17-,18-,19-,21-. The molecule has 5 heteroatoms. The Hall–Kier alpha value is -2.22. The number of carbonyl (C=O) groups is 1. The zero-order valence-electron chi connectivity index (χ0n) is 16.8. The van der Waals surface area contributed by atoms with E-state index in [0.29, 0.717) is 5.92 Å². The maximum absolute atomic E-state index is 13.5. The molecule has 2 aliphatic carbocycles. The molecule has 0 aliphatic heterocycles. The quantitative estimate of drug-likeness (QED) is 0.421. The van der Waals surface area contributed by atoms with E-state index in [-0.39, 0.29) is 23.9 Å². The van der Waals surface area contributed by atoms with Crippen LogP contribution in [0.1, 0.15) is 75.7 Å². The minimum atomic E-state index is -0.815. The summed E-state index contributed by atoms with van der Waals surface area (Å²) in [5.74, 6) is -0.842. The number of nitrogens with zero attached hydrogens (tertiary/aromatic N) is 1. The van der Waals surface area contributed by atoms with E-state index in [9.17, 15) is 13.6 Å². The van der Waals surface area contributed by atoms with Gasteiger partial charge in [-0.1, -0.05) is 12.1 Å². The minimum absolute atomic E-state index is 0.00446. The lowest BCUT2D eigenvalue weighted by Gasteiger charge is -2.31. The van der Waals surface area contributed by atoms with Crippen LogP contribution in [0.5, 0.6) is 0 Å². The van der Waals surface area contributed by atoms with E-state index in [2.05, 4.69) is 0 Å². The second-order valence-corrected chi connectivity index (χ2v) is 8.41.